The number of hydrogen-bond acceptors (Lipinski definition) is 5. The molecule has 0 bridgehead atoms. The molecule has 1 unspecified atom stereocenters. The van der Waals surface area contributed by atoms with Crippen molar-refractivity contribution in [2.24, 2.45) is 0 Å². The Bertz CT molecular complexity index is 971. The predicted molar refractivity (Wildman–Crippen MR) is 103 cm³/mol. The summed E-state index contributed by atoms with van der Waals surface area (Å²) >= 11 is 0. The van der Waals surface area contributed by atoms with Crippen molar-refractivity contribution in [3.8, 4) is 22.9 Å². The normalized spacial score (nSPS) is 15.1. The molecule has 0 fully saturated rings. The fourth-order valence-electron chi connectivity index (χ4n) is 3.09. The number of carbonyl (C=O) groups is 1. The molecular weight excluding hydrogens is 358 g/mol. The first kappa shape index (κ1) is 17.9. The van der Waals surface area contributed by atoms with Gasteiger partial charge in [-0.1, -0.05) is 30.3 Å². The van der Waals surface area contributed by atoms with E-state index in [2.05, 4.69) is 5.10 Å². The predicted octanol–water partition coefficient (Wildman–Crippen LogP) is 2.79. The monoisotopic (exact) mass is 379 g/mol. The minimum atomic E-state index is -0.258. The number of methoxy groups -OCH3 is 1. The summed E-state index contributed by atoms with van der Waals surface area (Å²) in [6.45, 7) is 0.749. The van der Waals surface area contributed by atoms with Gasteiger partial charge in [0.15, 0.2) is 29.0 Å². The van der Waals surface area contributed by atoms with Gasteiger partial charge < -0.3 is 19.1 Å². The second-order valence-electron chi connectivity index (χ2n) is 6.51. The van der Waals surface area contributed by atoms with E-state index in [4.69, 9.17) is 14.2 Å². The summed E-state index contributed by atoms with van der Waals surface area (Å²) in [5.41, 5.74) is 1.11. The van der Waals surface area contributed by atoms with Crippen LogP contribution >= 0.6 is 0 Å². The Labute approximate surface area is 163 Å². The highest BCUT2D eigenvalue weighted by molar-refractivity contribution is 5.94. The van der Waals surface area contributed by atoms with Crippen LogP contribution in [0.15, 0.2) is 60.8 Å². The summed E-state index contributed by atoms with van der Waals surface area (Å²) < 4.78 is 18.7. The van der Waals surface area contributed by atoms with Gasteiger partial charge in [0.05, 0.1) is 25.5 Å². The average Bonchev–Trinajstić information content (AvgIpc) is 3.18. The number of likely N-dealkylation sites (N-methyl/N-ethyl adjacent to an activating group) is 1. The van der Waals surface area contributed by atoms with Crippen molar-refractivity contribution in [3.63, 3.8) is 0 Å². The number of ether oxygens (including phenoxy) is 3. The summed E-state index contributed by atoms with van der Waals surface area (Å²) in [5, 5.41) is 4.43. The molecule has 0 saturated carbocycles. The Balaban J connectivity index is 1.49. The number of carbonyl (C=O) groups excluding carboxylic acids is 1. The van der Waals surface area contributed by atoms with Crippen LogP contribution in [0, 0.1) is 0 Å². The van der Waals surface area contributed by atoms with Gasteiger partial charge in [-0.05, 0) is 24.3 Å². The summed E-state index contributed by atoms with van der Waals surface area (Å²) in [4.78, 5) is 14.5. The molecule has 0 saturated heterocycles. The smallest absolute Gasteiger partial charge is 0.278 e. The third kappa shape index (κ3) is 3.51. The van der Waals surface area contributed by atoms with Gasteiger partial charge >= 0.3 is 0 Å². The van der Waals surface area contributed by atoms with Crippen LogP contribution in [0.5, 0.6) is 17.2 Å². The topological polar surface area (TPSA) is 65.8 Å². The van der Waals surface area contributed by atoms with Crippen LogP contribution in [0.1, 0.15) is 10.5 Å². The van der Waals surface area contributed by atoms with E-state index in [-0.39, 0.29) is 17.7 Å². The van der Waals surface area contributed by atoms with Crippen LogP contribution in [0.2, 0.25) is 0 Å². The maximum Gasteiger partial charge on any atom is 0.278 e. The molecule has 0 aliphatic carbocycles. The first-order chi connectivity index (χ1) is 13.7. The fraction of sp³-hybridized carbons (Fsp3) is 0.238. The van der Waals surface area contributed by atoms with Crippen LogP contribution in [-0.2, 0) is 0 Å². The Morgan fingerprint density at radius 2 is 1.89 bits per heavy atom. The molecule has 2 aromatic carbocycles. The first-order valence-corrected chi connectivity index (χ1v) is 8.98. The van der Waals surface area contributed by atoms with E-state index >= 15 is 0 Å². The Hall–Kier alpha value is -3.48. The molecule has 4 rings (SSSR count). The summed E-state index contributed by atoms with van der Waals surface area (Å²) in [7, 11) is 3.24. The van der Waals surface area contributed by atoms with E-state index < -0.39 is 0 Å². The number of rotatable bonds is 5. The largest absolute Gasteiger partial charge is 0.493 e. The number of nitrogens with zero attached hydrogens (tertiary/aromatic N) is 3. The molecule has 1 amide bonds. The lowest BCUT2D eigenvalue weighted by Gasteiger charge is -2.29. The first-order valence-electron chi connectivity index (χ1n) is 8.98. The Kier molecular flexibility index (Phi) is 4.89. The average molecular weight is 379 g/mol. The Morgan fingerprint density at radius 1 is 1.18 bits per heavy atom. The van der Waals surface area contributed by atoms with E-state index in [0.717, 1.165) is 11.4 Å². The summed E-state index contributed by atoms with van der Waals surface area (Å²) in [5.74, 6) is 1.59. The lowest BCUT2D eigenvalue weighted by molar-refractivity contribution is 0.0515. The minimum absolute atomic E-state index is 0.242. The van der Waals surface area contributed by atoms with Gasteiger partial charge in [-0.25, -0.2) is 4.68 Å². The van der Waals surface area contributed by atoms with Crippen LogP contribution in [0.3, 0.4) is 0 Å². The number of benzene rings is 2. The number of fused-ring (bicyclic) bond motifs is 1. The molecule has 7 nitrogen and oxygen atoms in total. The molecule has 7 heteroatoms. The van der Waals surface area contributed by atoms with Gasteiger partial charge in [0.25, 0.3) is 5.91 Å². The second kappa shape index (κ2) is 7.64. The third-order valence-electron chi connectivity index (χ3n) is 4.52. The van der Waals surface area contributed by atoms with Crippen LogP contribution in [-0.4, -0.2) is 54.0 Å². The van der Waals surface area contributed by atoms with Gasteiger partial charge in [0.1, 0.15) is 6.61 Å². The fourth-order valence-corrected chi connectivity index (χ4v) is 3.09. The van der Waals surface area contributed by atoms with Crippen molar-refractivity contribution in [1.82, 2.24) is 14.7 Å². The van der Waals surface area contributed by atoms with Crippen LogP contribution in [0.25, 0.3) is 5.69 Å². The molecule has 1 aliphatic rings. The molecule has 3 aromatic rings. The van der Waals surface area contributed by atoms with Crippen molar-refractivity contribution >= 4 is 5.91 Å². The maximum absolute atomic E-state index is 13.0. The van der Waals surface area contributed by atoms with E-state index in [0.29, 0.717) is 24.7 Å². The molecule has 0 N–H and O–H groups in total. The molecule has 144 valence electrons. The highest BCUT2D eigenvalue weighted by atomic mass is 16.6. The Morgan fingerprint density at radius 3 is 2.64 bits per heavy atom. The zero-order valence-corrected chi connectivity index (χ0v) is 15.7. The summed E-state index contributed by atoms with van der Waals surface area (Å²) in [6, 6.07) is 17.1. The SMILES string of the molecule is COc1cn(-c2ccccc2)nc1C(=O)N(C)CC1COc2ccccc2O1. The quantitative estimate of drug-likeness (QED) is 0.682. The number of hydrogen-bond donors (Lipinski definition) is 0. The van der Waals surface area contributed by atoms with Gasteiger partial charge in [0, 0.05) is 7.05 Å². The molecule has 0 spiro atoms. The van der Waals surface area contributed by atoms with Gasteiger partial charge in [0.2, 0.25) is 0 Å². The van der Waals surface area contributed by atoms with Gasteiger partial charge in [-0.2, -0.15) is 5.10 Å². The molecule has 0 radical (unpaired) electrons. The van der Waals surface area contributed by atoms with Crippen LogP contribution < -0.4 is 14.2 Å². The van der Waals surface area contributed by atoms with E-state index in [1.165, 1.54) is 7.11 Å². The molecular formula is C21H21N3O4. The molecule has 1 aromatic heterocycles. The van der Waals surface area contributed by atoms with Crippen LogP contribution in [0.4, 0.5) is 0 Å². The molecule has 2 heterocycles. The molecule has 28 heavy (non-hydrogen) atoms. The van der Waals surface area contributed by atoms with Crippen molar-refractivity contribution in [2.45, 2.75) is 6.10 Å². The van der Waals surface area contributed by atoms with Crippen molar-refractivity contribution in [3.05, 3.63) is 66.5 Å². The van der Waals surface area contributed by atoms with Gasteiger partial charge in [-0.3, -0.25) is 4.79 Å². The second-order valence-corrected chi connectivity index (χ2v) is 6.51. The summed E-state index contributed by atoms with van der Waals surface area (Å²) in [6.07, 6.45) is 1.44. The standard InChI is InChI=1S/C21H21N3O4/c1-23(12-16-14-27-17-10-6-7-11-18(17)28-16)21(25)20-19(26-2)13-24(22-20)15-8-4-3-5-9-15/h3-11,13,16H,12,14H2,1-2H3. The van der Waals surface area contributed by atoms with E-state index in [9.17, 15) is 4.79 Å². The number of para-hydroxylation sites is 3. The minimum Gasteiger partial charge on any atom is -0.493 e. The zero-order chi connectivity index (χ0) is 19.5. The highest BCUT2D eigenvalue weighted by Crippen LogP contribution is 2.31. The third-order valence-corrected chi connectivity index (χ3v) is 4.52. The highest BCUT2D eigenvalue weighted by Gasteiger charge is 2.27. The number of amides is 1. The van der Waals surface area contributed by atoms with Gasteiger partial charge in [-0.15, -0.1) is 0 Å². The maximum atomic E-state index is 13.0. The lowest BCUT2D eigenvalue weighted by Crippen LogP contribution is -2.42. The van der Waals surface area contributed by atoms with Crippen molar-refractivity contribution < 1.29 is 19.0 Å². The van der Waals surface area contributed by atoms with E-state index in [1.807, 2.05) is 54.6 Å². The van der Waals surface area contributed by atoms with E-state index in [1.54, 1.807) is 22.8 Å². The molecule has 1 aliphatic heterocycles. The number of aromatic nitrogens is 2. The zero-order valence-electron chi connectivity index (χ0n) is 15.7. The van der Waals surface area contributed by atoms with Crippen molar-refractivity contribution in [1.29, 1.82) is 0 Å². The lowest BCUT2D eigenvalue weighted by atomic mass is 10.2. The van der Waals surface area contributed by atoms with Crippen molar-refractivity contribution in [2.75, 3.05) is 27.3 Å². The molecule has 1 atom stereocenters.